The van der Waals surface area contributed by atoms with Gasteiger partial charge in [-0.2, -0.15) is 0 Å². The highest BCUT2D eigenvalue weighted by molar-refractivity contribution is 7.90. The SMILES string of the molecule is C=CC(=O)N1CCN2CCN(CC3(O)CCC[C@H](C)[C@@H](C)S(=O)(=O)NC(=O)c4ccc5c(c4)N(C[C@@H]4CC[C@H]43)C[C@@]3(CCCc4cc(Cl)ccc43)CO5)C[C@H]2C1. The first kappa shape index (κ1) is 39.7. The number of hydrogen-bond acceptors (Lipinski definition) is 9. The molecule has 304 valence electrons. The molecule has 1 spiro atoms. The van der Waals surface area contributed by atoms with Crippen LogP contribution < -0.4 is 14.4 Å². The van der Waals surface area contributed by atoms with Crippen molar-refractivity contribution in [1.82, 2.24) is 19.4 Å². The largest absolute Gasteiger partial charge is 0.490 e. The summed E-state index contributed by atoms with van der Waals surface area (Å²) in [5.74, 6) is 0.0225. The lowest BCUT2D eigenvalue weighted by atomic mass is 9.62. The second-order valence-corrected chi connectivity index (χ2v) is 20.3. The van der Waals surface area contributed by atoms with Gasteiger partial charge in [-0.15, -0.1) is 0 Å². The zero-order valence-corrected chi connectivity index (χ0v) is 34.5. The van der Waals surface area contributed by atoms with E-state index >= 15 is 0 Å². The maximum Gasteiger partial charge on any atom is 0.264 e. The molecule has 3 fully saturated rings. The minimum Gasteiger partial charge on any atom is -0.490 e. The third-order valence-corrected chi connectivity index (χ3v) is 16.6. The van der Waals surface area contributed by atoms with E-state index < -0.39 is 26.8 Å². The second kappa shape index (κ2) is 15.5. The maximum atomic E-state index is 13.7. The number of fused-ring (bicyclic) bond motifs is 5. The van der Waals surface area contributed by atoms with E-state index in [0.717, 1.165) is 69.0 Å². The Bertz CT molecular complexity index is 1960. The molecule has 13 heteroatoms. The molecule has 0 radical (unpaired) electrons. The van der Waals surface area contributed by atoms with Crippen molar-refractivity contribution >= 4 is 39.1 Å². The summed E-state index contributed by atoms with van der Waals surface area (Å²) in [6.07, 6.45) is 8.04. The fraction of sp³-hybridized carbons (Fsp3) is 0.628. The maximum absolute atomic E-state index is 13.7. The number of halogens is 1. The Morgan fingerprint density at radius 2 is 1.86 bits per heavy atom. The molecule has 4 aliphatic heterocycles. The first-order valence-electron chi connectivity index (χ1n) is 20.7. The number of benzene rings is 2. The third kappa shape index (κ3) is 7.61. The quantitative estimate of drug-likeness (QED) is 0.420. The number of rotatable bonds is 3. The topological polar surface area (TPSA) is 123 Å². The summed E-state index contributed by atoms with van der Waals surface area (Å²) in [5.41, 5.74) is 2.25. The number of aryl methyl sites for hydroxylation is 1. The molecule has 2 aromatic carbocycles. The van der Waals surface area contributed by atoms with E-state index in [1.54, 1.807) is 19.1 Å². The first-order valence-corrected chi connectivity index (χ1v) is 22.7. The Labute approximate surface area is 337 Å². The molecule has 2 N–H and O–H groups in total. The Hall–Kier alpha value is -3.16. The number of sulfonamides is 1. The zero-order valence-electron chi connectivity index (χ0n) is 32.9. The smallest absolute Gasteiger partial charge is 0.264 e. The highest BCUT2D eigenvalue weighted by Crippen LogP contribution is 2.49. The molecule has 4 heterocycles. The van der Waals surface area contributed by atoms with Crippen molar-refractivity contribution in [2.45, 2.75) is 87.5 Å². The van der Waals surface area contributed by atoms with Crippen LogP contribution in [0.4, 0.5) is 5.69 Å². The van der Waals surface area contributed by atoms with E-state index in [1.807, 2.05) is 24.0 Å². The van der Waals surface area contributed by atoms with Gasteiger partial charge in [0.05, 0.1) is 23.1 Å². The fourth-order valence-electron chi connectivity index (χ4n) is 10.8. The van der Waals surface area contributed by atoms with Gasteiger partial charge in [-0.3, -0.25) is 19.4 Å². The van der Waals surface area contributed by atoms with Gasteiger partial charge in [0.2, 0.25) is 15.9 Å². The number of carbonyl (C=O) groups excluding carboxylic acids is 2. The molecule has 8 rings (SSSR count). The third-order valence-electron chi connectivity index (χ3n) is 14.4. The Morgan fingerprint density at radius 3 is 2.64 bits per heavy atom. The number of piperazine rings is 2. The molecule has 2 saturated heterocycles. The minimum atomic E-state index is -3.99. The number of anilines is 1. The van der Waals surface area contributed by atoms with Gasteiger partial charge >= 0.3 is 0 Å². The Kier molecular flexibility index (Phi) is 11.0. The molecule has 2 bridgehead atoms. The van der Waals surface area contributed by atoms with Crippen LogP contribution in [0, 0.1) is 17.8 Å². The van der Waals surface area contributed by atoms with Crippen LogP contribution >= 0.6 is 11.6 Å². The van der Waals surface area contributed by atoms with Crippen LogP contribution in [0.5, 0.6) is 5.75 Å². The summed E-state index contributed by atoms with van der Waals surface area (Å²) in [6.45, 7) is 14.4. The fourth-order valence-corrected chi connectivity index (χ4v) is 12.4. The number of aliphatic hydroxyl groups is 1. The highest BCUT2D eigenvalue weighted by atomic mass is 35.5. The number of carbonyl (C=O) groups is 2. The summed E-state index contributed by atoms with van der Waals surface area (Å²) in [7, 11) is -3.99. The van der Waals surface area contributed by atoms with Crippen LogP contribution in [0.1, 0.15) is 80.3 Å². The molecular formula is C43H58ClN5O6S. The van der Waals surface area contributed by atoms with Crippen molar-refractivity contribution in [3.8, 4) is 5.75 Å². The van der Waals surface area contributed by atoms with Gasteiger partial charge in [0, 0.05) is 80.9 Å². The van der Waals surface area contributed by atoms with Crippen molar-refractivity contribution in [3.63, 3.8) is 0 Å². The molecule has 2 aliphatic carbocycles. The van der Waals surface area contributed by atoms with Crippen LogP contribution in [0.2, 0.25) is 5.02 Å². The predicted molar refractivity (Wildman–Crippen MR) is 219 cm³/mol. The molecule has 2 aromatic rings. The van der Waals surface area contributed by atoms with Crippen molar-refractivity contribution in [2.24, 2.45) is 17.8 Å². The summed E-state index contributed by atoms with van der Waals surface area (Å²) < 4.78 is 36.3. The van der Waals surface area contributed by atoms with Crippen molar-refractivity contribution in [3.05, 3.63) is 70.8 Å². The van der Waals surface area contributed by atoms with Gasteiger partial charge in [0.1, 0.15) is 5.75 Å². The van der Waals surface area contributed by atoms with Gasteiger partial charge in [-0.25, -0.2) is 13.1 Å². The predicted octanol–water partition coefficient (Wildman–Crippen LogP) is 4.85. The Balaban J connectivity index is 1.13. The van der Waals surface area contributed by atoms with Crippen molar-refractivity contribution < 1.29 is 27.9 Å². The molecule has 11 nitrogen and oxygen atoms in total. The lowest BCUT2D eigenvalue weighted by Gasteiger charge is -2.53. The van der Waals surface area contributed by atoms with Gasteiger partial charge in [0.15, 0.2) is 0 Å². The van der Waals surface area contributed by atoms with Gasteiger partial charge < -0.3 is 19.6 Å². The highest BCUT2D eigenvalue weighted by Gasteiger charge is 2.50. The second-order valence-electron chi connectivity index (χ2n) is 17.8. The van der Waals surface area contributed by atoms with E-state index in [-0.39, 0.29) is 40.7 Å². The lowest BCUT2D eigenvalue weighted by molar-refractivity contribution is -0.132. The van der Waals surface area contributed by atoms with Gasteiger partial charge in [-0.1, -0.05) is 37.6 Å². The van der Waals surface area contributed by atoms with Crippen LogP contribution in [0.15, 0.2) is 49.1 Å². The average molecular weight is 808 g/mol. The van der Waals surface area contributed by atoms with E-state index in [2.05, 4.69) is 38.1 Å². The monoisotopic (exact) mass is 807 g/mol. The van der Waals surface area contributed by atoms with Gasteiger partial charge in [-0.05, 0) is 117 Å². The molecule has 6 aliphatic rings. The van der Waals surface area contributed by atoms with Crippen LogP contribution in [0.25, 0.3) is 0 Å². The molecule has 1 saturated carbocycles. The normalized spacial score (nSPS) is 33.8. The number of amides is 2. The Morgan fingerprint density at radius 1 is 1.04 bits per heavy atom. The van der Waals surface area contributed by atoms with Crippen LogP contribution in [0.3, 0.4) is 0 Å². The number of ether oxygens (including phenoxy) is 1. The standard InChI is InChI=1S/C43H58ClN5O6S/c1-4-40(50)48-20-19-47-18-17-46(24-35(47)25-48)27-43(52)16-5-7-29(2)30(3)56(53,54)45-41(51)32-10-14-39-38(22-32)49(23-33-9-12-37(33)43)26-42(28-55-39)15-6-8-31-21-34(44)11-13-36(31)42/h4,10-11,13-14,21-22,29-30,33,35,37,52H,1,5-9,12,15-20,23-28H2,2-3H3,(H,45,51)/t29-,30+,33-,35-,37+,42-,43?/m0/s1. The lowest BCUT2D eigenvalue weighted by Crippen LogP contribution is -2.65. The van der Waals surface area contributed by atoms with Crippen molar-refractivity contribution in [2.75, 3.05) is 70.4 Å². The molecule has 1 unspecified atom stereocenters. The van der Waals surface area contributed by atoms with Crippen LogP contribution in [-0.4, -0.2) is 122 Å². The molecule has 2 amide bonds. The minimum absolute atomic E-state index is 0.0323. The van der Waals surface area contributed by atoms with Crippen molar-refractivity contribution in [1.29, 1.82) is 0 Å². The molecule has 56 heavy (non-hydrogen) atoms. The van der Waals surface area contributed by atoms with Crippen LogP contribution in [-0.2, 0) is 26.7 Å². The van der Waals surface area contributed by atoms with E-state index in [9.17, 15) is 23.1 Å². The zero-order chi connectivity index (χ0) is 39.4. The van der Waals surface area contributed by atoms with E-state index in [4.69, 9.17) is 16.3 Å². The molecule has 0 aromatic heterocycles. The molecular weight excluding hydrogens is 750 g/mol. The van der Waals surface area contributed by atoms with Gasteiger partial charge in [0.25, 0.3) is 5.91 Å². The summed E-state index contributed by atoms with van der Waals surface area (Å²) in [6, 6.07) is 11.7. The molecule has 7 atom stereocenters. The summed E-state index contributed by atoms with van der Waals surface area (Å²) in [5, 5.41) is 13.0. The number of hydrogen-bond donors (Lipinski definition) is 2. The number of nitrogens with zero attached hydrogens (tertiary/aromatic N) is 4. The first-order chi connectivity index (χ1) is 26.8. The average Bonchev–Trinajstić information content (AvgIpc) is 3.31. The number of β-amino-alcohol motifs (C(OH)–C–C–N with tert-alkyl or cyclic N) is 1. The van der Waals surface area contributed by atoms with E-state index in [1.165, 1.54) is 17.2 Å². The summed E-state index contributed by atoms with van der Waals surface area (Å²) >= 11 is 6.50. The number of nitrogens with one attached hydrogen (secondary N) is 1. The summed E-state index contributed by atoms with van der Waals surface area (Å²) in [4.78, 5) is 35.4. The van der Waals surface area contributed by atoms with E-state index in [0.29, 0.717) is 64.3 Å².